The number of carbonyl (C=O) groups is 4. The number of hydrogen-bond donors (Lipinski definition) is 4. The van der Waals surface area contributed by atoms with Crippen LogP contribution in [0.1, 0.15) is 41.5 Å². The van der Waals surface area contributed by atoms with Crippen molar-refractivity contribution in [2.24, 2.45) is 17.1 Å². The maximum atomic E-state index is 12.7. The molecule has 0 aromatic heterocycles. The molecule has 0 aliphatic heterocycles. The average Bonchev–Trinajstić information content (AvgIpc) is 2.55. The first-order valence-electron chi connectivity index (χ1n) is 8.63. The van der Waals surface area contributed by atoms with E-state index in [0.29, 0.717) is 11.4 Å². The number of nitrogens with two attached hydrogens (primary N) is 1. The average molecular weight is 376 g/mol. The molecule has 0 spiro atoms. The van der Waals surface area contributed by atoms with Crippen molar-refractivity contribution in [3.05, 3.63) is 24.3 Å². The van der Waals surface area contributed by atoms with Crippen LogP contribution >= 0.6 is 0 Å². The van der Waals surface area contributed by atoms with Gasteiger partial charge in [0.2, 0.25) is 23.6 Å². The lowest BCUT2D eigenvalue weighted by atomic mass is 9.89. The van der Waals surface area contributed by atoms with E-state index in [0.717, 1.165) is 0 Å². The van der Waals surface area contributed by atoms with Crippen LogP contribution in [0.2, 0.25) is 0 Å². The largest absolute Gasteiger partial charge is 0.369 e. The second-order valence-corrected chi connectivity index (χ2v) is 7.71. The summed E-state index contributed by atoms with van der Waals surface area (Å²) in [5, 5.41) is 7.98. The van der Waals surface area contributed by atoms with Gasteiger partial charge in [0.15, 0.2) is 0 Å². The topological polar surface area (TPSA) is 130 Å². The van der Waals surface area contributed by atoms with Gasteiger partial charge in [0, 0.05) is 5.92 Å². The molecular weight excluding hydrogens is 348 g/mol. The number of rotatable bonds is 7. The minimum atomic E-state index is -1.46. The van der Waals surface area contributed by atoms with Gasteiger partial charge in [0.25, 0.3) is 0 Å². The third-order valence-electron chi connectivity index (χ3n) is 4.13. The zero-order valence-corrected chi connectivity index (χ0v) is 16.6. The summed E-state index contributed by atoms with van der Waals surface area (Å²) in [7, 11) is 0. The van der Waals surface area contributed by atoms with Gasteiger partial charge in [0.05, 0.1) is 11.4 Å². The van der Waals surface area contributed by atoms with Crippen molar-refractivity contribution in [2.45, 2.75) is 47.1 Å². The van der Waals surface area contributed by atoms with Crippen molar-refractivity contribution >= 4 is 35.0 Å². The molecule has 0 bridgehead atoms. The van der Waals surface area contributed by atoms with Gasteiger partial charge in [-0.3, -0.25) is 19.2 Å². The Kier molecular flexibility index (Phi) is 6.72. The SMILES string of the molecule is CC(C)C(=O)Nc1ccccc1NC(=O)C(C)(C)NC(=O)C(C)(C)C(N)=O. The van der Waals surface area contributed by atoms with Crippen LogP contribution in [0.3, 0.4) is 0 Å². The molecule has 0 saturated carbocycles. The second kappa shape index (κ2) is 8.20. The van der Waals surface area contributed by atoms with Crippen LogP contribution in [-0.2, 0) is 19.2 Å². The Bertz CT molecular complexity index is 754. The normalized spacial score (nSPS) is 11.7. The summed E-state index contributed by atoms with van der Waals surface area (Å²) in [6, 6.07) is 6.74. The summed E-state index contributed by atoms with van der Waals surface area (Å²) in [5.74, 6) is -2.37. The van der Waals surface area contributed by atoms with Crippen molar-refractivity contribution in [3.8, 4) is 0 Å². The quantitative estimate of drug-likeness (QED) is 0.539. The Morgan fingerprint density at radius 3 is 1.81 bits per heavy atom. The van der Waals surface area contributed by atoms with Crippen molar-refractivity contribution in [1.82, 2.24) is 5.32 Å². The van der Waals surface area contributed by atoms with Gasteiger partial charge in [-0.15, -0.1) is 0 Å². The number of para-hydroxylation sites is 2. The van der Waals surface area contributed by atoms with Crippen LogP contribution in [0.4, 0.5) is 11.4 Å². The summed E-state index contributed by atoms with van der Waals surface area (Å²) >= 11 is 0. The van der Waals surface area contributed by atoms with Gasteiger partial charge >= 0.3 is 0 Å². The second-order valence-electron chi connectivity index (χ2n) is 7.71. The Hall–Kier alpha value is -2.90. The fourth-order valence-electron chi connectivity index (χ4n) is 1.87. The first-order chi connectivity index (χ1) is 12.3. The van der Waals surface area contributed by atoms with Crippen molar-refractivity contribution in [2.75, 3.05) is 10.6 Å². The lowest BCUT2D eigenvalue weighted by Crippen LogP contribution is -2.57. The van der Waals surface area contributed by atoms with Gasteiger partial charge in [0.1, 0.15) is 11.0 Å². The predicted molar refractivity (Wildman–Crippen MR) is 104 cm³/mol. The molecule has 8 heteroatoms. The highest BCUT2D eigenvalue weighted by Crippen LogP contribution is 2.23. The highest BCUT2D eigenvalue weighted by atomic mass is 16.2. The molecule has 4 amide bonds. The Morgan fingerprint density at radius 2 is 1.37 bits per heavy atom. The van der Waals surface area contributed by atoms with Crippen LogP contribution in [0, 0.1) is 11.3 Å². The van der Waals surface area contributed by atoms with E-state index in [1.54, 1.807) is 38.1 Å². The van der Waals surface area contributed by atoms with E-state index in [4.69, 9.17) is 5.73 Å². The Morgan fingerprint density at radius 1 is 0.889 bits per heavy atom. The molecule has 0 heterocycles. The van der Waals surface area contributed by atoms with Crippen molar-refractivity contribution in [1.29, 1.82) is 0 Å². The first kappa shape index (κ1) is 22.1. The van der Waals surface area contributed by atoms with Crippen LogP contribution in [0.5, 0.6) is 0 Å². The fourth-order valence-corrected chi connectivity index (χ4v) is 1.87. The van der Waals surface area contributed by atoms with Crippen molar-refractivity contribution < 1.29 is 19.2 Å². The Balaban J connectivity index is 2.96. The third kappa shape index (κ3) is 5.54. The molecule has 0 saturated heterocycles. The molecule has 27 heavy (non-hydrogen) atoms. The fraction of sp³-hybridized carbons (Fsp3) is 0.474. The lowest BCUT2D eigenvalue weighted by Gasteiger charge is -2.29. The number of amides is 4. The Labute approximate surface area is 159 Å². The van der Waals surface area contributed by atoms with Crippen molar-refractivity contribution in [3.63, 3.8) is 0 Å². The molecule has 8 nitrogen and oxygen atoms in total. The number of carbonyl (C=O) groups excluding carboxylic acids is 4. The molecule has 5 N–H and O–H groups in total. The molecule has 1 aromatic rings. The molecule has 1 aromatic carbocycles. The standard InChI is InChI=1S/C19H28N4O4/c1-11(2)14(24)21-12-9-7-8-10-13(12)22-17(27)19(5,6)23-16(26)18(3,4)15(20)25/h7-11H,1-6H3,(H2,20,25)(H,21,24)(H,22,27)(H,23,26). The summed E-state index contributed by atoms with van der Waals surface area (Å²) in [5.41, 5.74) is 3.31. The molecular formula is C19H28N4O4. The van der Waals surface area contributed by atoms with E-state index < -0.39 is 28.7 Å². The number of benzene rings is 1. The predicted octanol–water partition coefficient (Wildman–Crippen LogP) is 1.63. The van der Waals surface area contributed by atoms with Gasteiger partial charge in [-0.25, -0.2) is 0 Å². The van der Waals surface area contributed by atoms with Gasteiger partial charge < -0.3 is 21.7 Å². The monoisotopic (exact) mass is 376 g/mol. The van der Waals surface area contributed by atoms with E-state index in [2.05, 4.69) is 16.0 Å². The van der Waals surface area contributed by atoms with Crippen LogP contribution in [-0.4, -0.2) is 29.2 Å². The summed E-state index contributed by atoms with van der Waals surface area (Å²) < 4.78 is 0. The minimum absolute atomic E-state index is 0.188. The summed E-state index contributed by atoms with van der Waals surface area (Å²) in [6.07, 6.45) is 0. The zero-order chi connectivity index (χ0) is 21.0. The highest BCUT2D eigenvalue weighted by Gasteiger charge is 2.39. The first-order valence-corrected chi connectivity index (χ1v) is 8.63. The van der Waals surface area contributed by atoms with Crippen LogP contribution < -0.4 is 21.7 Å². The maximum absolute atomic E-state index is 12.7. The number of hydrogen-bond acceptors (Lipinski definition) is 4. The van der Waals surface area contributed by atoms with E-state index in [-0.39, 0.29) is 11.8 Å². The highest BCUT2D eigenvalue weighted by molar-refractivity contribution is 6.08. The summed E-state index contributed by atoms with van der Waals surface area (Å²) in [4.78, 5) is 48.4. The minimum Gasteiger partial charge on any atom is -0.369 e. The number of primary amides is 1. The molecule has 0 aliphatic rings. The zero-order valence-electron chi connectivity index (χ0n) is 16.6. The van der Waals surface area contributed by atoms with E-state index in [1.165, 1.54) is 27.7 Å². The van der Waals surface area contributed by atoms with Crippen LogP contribution in [0.25, 0.3) is 0 Å². The third-order valence-corrected chi connectivity index (χ3v) is 4.13. The van der Waals surface area contributed by atoms with E-state index >= 15 is 0 Å². The van der Waals surface area contributed by atoms with E-state index in [1.807, 2.05) is 0 Å². The lowest BCUT2D eigenvalue weighted by molar-refractivity contribution is -0.142. The van der Waals surface area contributed by atoms with Gasteiger partial charge in [-0.2, -0.15) is 0 Å². The number of anilines is 2. The number of nitrogens with one attached hydrogen (secondary N) is 3. The van der Waals surface area contributed by atoms with Gasteiger partial charge in [-0.1, -0.05) is 26.0 Å². The van der Waals surface area contributed by atoms with E-state index in [9.17, 15) is 19.2 Å². The molecule has 0 atom stereocenters. The van der Waals surface area contributed by atoms with Crippen LogP contribution in [0.15, 0.2) is 24.3 Å². The molecule has 0 aliphatic carbocycles. The van der Waals surface area contributed by atoms with Gasteiger partial charge in [-0.05, 0) is 39.8 Å². The molecule has 0 fully saturated rings. The molecule has 1 rings (SSSR count). The molecule has 148 valence electrons. The smallest absolute Gasteiger partial charge is 0.249 e. The molecule has 0 radical (unpaired) electrons. The summed E-state index contributed by atoms with van der Waals surface area (Å²) in [6.45, 7) is 9.30. The molecule has 0 unspecified atom stereocenters. The maximum Gasteiger partial charge on any atom is 0.249 e.